The van der Waals surface area contributed by atoms with Gasteiger partial charge in [-0.15, -0.1) is 11.3 Å². The summed E-state index contributed by atoms with van der Waals surface area (Å²) in [5.74, 6) is 0.0141. The number of ether oxygens (including phenoxy) is 1. The molecule has 1 aromatic rings. The van der Waals surface area contributed by atoms with Crippen LogP contribution in [-0.2, 0) is 9.53 Å². The number of piperazine rings is 1. The lowest BCUT2D eigenvalue weighted by Gasteiger charge is -2.34. The predicted octanol–water partition coefficient (Wildman–Crippen LogP) is 1.85. The Labute approximate surface area is 129 Å². The summed E-state index contributed by atoms with van der Waals surface area (Å²) in [4.78, 5) is 28.5. The zero-order valence-electron chi connectivity index (χ0n) is 12.4. The maximum atomic E-state index is 12.2. The number of nitrogens with zero attached hydrogens (tertiary/aromatic N) is 2. The van der Waals surface area contributed by atoms with Gasteiger partial charge in [-0.1, -0.05) is 6.07 Å². The molecule has 0 radical (unpaired) electrons. The quantitative estimate of drug-likeness (QED) is 0.753. The van der Waals surface area contributed by atoms with Gasteiger partial charge in [0.05, 0.1) is 11.5 Å². The lowest BCUT2D eigenvalue weighted by Crippen LogP contribution is -2.48. The molecule has 0 saturated carbocycles. The molecular formula is C15H22N2O3S. The van der Waals surface area contributed by atoms with Crippen molar-refractivity contribution in [1.29, 1.82) is 0 Å². The number of esters is 1. The smallest absolute Gasteiger partial charge is 0.305 e. The molecule has 0 atom stereocenters. The first kappa shape index (κ1) is 16.0. The van der Waals surface area contributed by atoms with Gasteiger partial charge in [0.2, 0.25) is 0 Å². The van der Waals surface area contributed by atoms with E-state index < -0.39 is 0 Å². The third-order valence-electron chi connectivity index (χ3n) is 3.55. The van der Waals surface area contributed by atoms with E-state index in [0.29, 0.717) is 13.0 Å². The van der Waals surface area contributed by atoms with Crippen molar-refractivity contribution in [3.63, 3.8) is 0 Å². The number of thiophene rings is 1. The molecule has 1 saturated heterocycles. The first-order chi connectivity index (χ1) is 10.2. The van der Waals surface area contributed by atoms with Gasteiger partial charge in [0, 0.05) is 32.6 Å². The van der Waals surface area contributed by atoms with Gasteiger partial charge in [0.1, 0.15) is 0 Å². The van der Waals surface area contributed by atoms with Crippen molar-refractivity contribution in [2.45, 2.75) is 19.8 Å². The second-order valence-corrected chi connectivity index (χ2v) is 5.97. The summed E-state index contributed by atoms with van der Waals surface area (Å²) in [5.41, 5.74) is 0. The number of hydrogen-bond acceptors (Lipinski definition) is 5. The molecule has 0 bridgehead atoms. The molecule has 2 heterocycles. The van der Waals surface area contributed by atoms with E-state index in [9.17, 15) is 9.59 Å². The molecule has 1 aromatic heterocycles. The van der Waals surface area contributed by atoms with E-state index in [0.717, 1.165) is 44.0 Å². The Morgan fingerprint density at radius 3 is 2.67 bits per heavy atom. The van der Waals surface area contributed by atoms with E-state index in [1.54, 1.807) is 0 Å². The first-order valence-electron chi connectivity index (χ1n) is 7.41. The maximum Gasteiger partial charge on any atom is 0.305 e. The van der Waals surface area contributed by atoms with Crippen LogP contribution in [0.15, 0.2) is 17.5 Å². The van der Waals surface area contributed by atoms with Gasteiger partial charge in [-0.3, -0.25) is 14.5 Å². The molecule has 1 aliphatic heterocycles. The van der Waals surface area contributed by atoms with Crippen LogP contribution in [0, 0.1) is 0 Å². The van der Waals surface area contributed by atoms with Crippen LogP contribution in [0.2, 0.25) is 0 Å². The van der Waals surface area contributed by atoms with Crippen molar-refractivity contribution in [3.8, 4) is 0 Å². The van der Waals surface area contributed by atoms with E-state index in [-0.39, 0.29) is 11.9 Å². The highest BCUT2D eigenvalue weighted by atomic mass is 32.1. The minimum atomic E-state index is -0.121. The van der Waals surface area contributed by atoms with E-state index >= 15 is 0 Å². The third-order valence-corrected chi connectivity index (χ3v) is 4.41. The topological polar surface area (TPSA) is 49.9 Å². The van der Waals surface area contributed by atoms with Crippen molar-refractivity contribution in [1.82, 2.24) is 9.80 Å². The van der Waals surface area contributed by atoms with Crippen molar-refractivity contribution in [2.75, 3.05) is 39.3 Å². The highest BCUT2D eigenvalue weighted by Crippen LogP contribution is 2.14. The molecule has 6 heteroatoms. The fraction of sp³-hybridized carbons (Fsp3) is 0.600. The zero-order valence-corrected chi connectivity index (χ0v) is 13.2. The van der Waals surface area contributed by atoms with Gasteiger partial charge in [0.25, 0.3) is 5.91 Å². The number of amides is 1. The Bertz CT molecular complexity index is 453. The SMILES string of the molecule is CCOC(=O)CCCN1CCN(C(=O)c2cccs2)CC1. The standard InChI is InChI=1S/C15H22N2O3S/c1-2-20-14(18)6-3-7-16-8-10-17(11-9-16)15(19)13-5-4-12-21-13/h4-5,12H,2-3,6-11H2,1H3. The van der Waals surface area contributed by atoms with E-state index in [4.69, 9.17) is 4.74 Å². The van der Waals surface area contributed by atoms with Crippen molar-refractivity contribution in [2.24, 2.45) is 0 Å². The van der Waals surface area contributed by atoms with Crippen LogP contribution in [-0.4, -0.2) is 61.0 Å². The number of rotatable bonds is 6. The summed E-state index contributed by atoms with van der Waals surface area (Å²) < 4.78 is 4.91. The van der Waals surface area contributed by atoms with Crippen LogP contribution >= 0.6 is 11.3 Å². The summed E-state index contributed by atoms with van der Waals surface area (Å²) in [7, 11) is 0. The van der Waals surface area contributed by atoms with Crippen LogP contribution in [0.25, 0.3) is 0 Å². The van der Waals surface area contributed by atoms with E-state index in [1.165, 1.54) is 11.3 Å². The minimum Gasteiger partial charge on any atom is -0.466 e. The van der Waals surface area contributed by atoms with Crippen LogP contribution in [0.5, 0.6) is 0 Å². The molecule has 1 aliphatic rings. The molecule has 0 aliphatic carbocycles. The molecule has 2 rings (SSSR count). The number of hydrogen-bond donors (Lipinski definition) is 0. The number of carbonyl (C=O) groups is 2. The van der Waals surface area contributed by atoms with Crippen LogP contribution in [0.1, 0.15) is 29.4 Å². The molecule has 0 aromatic carbocycles. The van der Waals surface area contributed by atoms with Gasteiger partial charge in [-0.05, 0) is 31.3 Å². The Balaban J connectivity index is 1.66. The summed E-state index contributed by atoms with van der Waals surface area (Å²) in [6.07, 6.45) is 1.29. The zero-order chi connectivity index (χ0) is 15.1. The van der Waals surface area contributed by atoms with Crippen molar-refractivity contribution in [3.05, 3.63) is 22.4 Å². The second kappa shape index (κ2) is 8.14. The normalized spacial score (nSPS) is 16.0. The molecule has 1 amide bonds. The maximum absolute atomic E-state index is 12.2. The average Bonchev–Trinajstić information content (AvgIpc) is 3.02. The van der Waals surface area contributed by atoms with E-state index in [1.807, 2.05) is 29.3 Å². The molecule has 0 unspecified atom stereocenters. The largest absolute Gasteiger partial charge is 0.466 e. The third kappa shape index (κ3) is 4.82. The molecule has 0 spiro atoms. The molecule has 21 heavy (non-hydrogen) atoms. The van der Waals surface area contributed by atoms with Crippen LogP contribution < -0.4 is 0 Å². The molecule has 1 fully saturated rings. The Hall–Kier alpha value is -1.40. The second-order valence-electron chi connectivity index (χ2n) is 5.02. The monoisotopic (exact) mass is 310 g/mol. The summed E-state index contributed by atoms with van der Waals surface area (Å²) >= 11 is 1.49. The van der Waals surface area contributed by atoms with Gasteiger partial charge < -0.3 is 9.64 Å². The first-order valence-corrected chi connectivity index (χ1v) is 8.29. The minimum absolute atomic E-state index is 0.121. The van der Waals surface area contributed by atoms with E-state index in [2.05, 4.69) is 4.90 Å². The summed E-state index contributed by atoms with van der Waals surface area (Å²) in [6, 6.07) is 3.78. The molecule has 5 nitrogen and oxygen atoms in total. The fourth-order valence-electron chi connectivity index (χ4n) is 2.41. The Morgan fingerprint density at radius 1 is 1.29 bits per heavy atom. The lowest BCUT2D eigenvalue weighted by molar-refractivity contribution is -0.143. The summed E-state index contributed by atoms with van der Waals surface area (Å²) in [5, 5.41) is 1.93. The number of carbonyl (C=O) groups excluding carboxylic acids is 2. The van der Waals surface area contributed by atoms with Gasteiger partial charge in [-0.25, -0.2) is 0 Å². The average molecular weight is 310 g/mol. The van der Waals surface area contributed by atoms with Gasteiger partial charge >= 0.3 is 5.97 Å². The highest BCUT2D eigenvalue weighted by molar-refractivity contribution is 7.12. The van der Waals surface area contributed by atoms with Gasteiger partial charge in [-0.2, -0.15) is 0 Å². The summed E-state index contributed by atoms with van der Waals surface area (Å²) in [6.45, 7) is 6.43. The lowest BCUT2D eigenvalue weighted by atomic mass is 10.2. The molecule has 116 valence electrons. The molecule has 0 N–H and O–H groups in total. The van der Waals surface area contributed by atoms with Crippen LogP contribution in [0.4, 0.5) is 0 Å². The van der Waals surface area contributed by atoms with Crippen molar-refractivity contribution < 1.29 is 14.3 Å². The van der Waals surface area contributed by atoms with Crippen LogP contribution in [0.3, 0.4) is 0 Å². The highest BCUT2D eigenvalue weighted by Gasteiger charge is 2.22. The Morgan fingerprint density at radius 2 is 2.05 bits per heavy atom. The fourth-order valence-corrected chi connectivity index (χ4v) is 3.10. The Kier molecular flexibility index (Phi) is 6.20. The predicted molar refractivity (Wildman–Crippen MR) is 82.5 cm³/mol. The van der Waals surface area contributed by atoms with Crippen molar-refractivity contribution >= 4 is 23.2 Å². The molecular weight excluding hydrogens is 288 g/mol. The van der Waals surface area contributed by atoms with Gasteiger partial charge in [0.15, 0.2) is 0 Å².